The van der Waals surface area contributed by atoms with Gasteiger partial charge in [-0.3, -0.25) is 25.4 Å². The molecule has 2 rings (SSSR count). The molecule has 0 saturated heterocycles. The second-order valence-corrected chi connectivity index (χ2v) is 4.98. The van der Waals surface area contributed by atoms with Crippen LogP contribution in [0, 0.1) is 0 Å². The molecular weight excluding hydrogens is 322 g/mol. The molecule has 0 bridgehead atoms. The minimum absolute atomic E-state index is 0.197. The molecule has 0 aliphatic heterocycles. The molecule has 0 aliphatic rings. The first kappa shape index (κ1) is 18.0. The molecule has 2 amide bonds. The summed E-state index contributed by atoms with van der Waals surface area (Å²) in [6.07, 6.45) is 3.98. The molecule has 2 N–H and O–H groups in total. The molecule has 2 aromatic rings. The maximum absolute atomic E-state index is 11.8. The molecule has 7 nitrogen and oxygen atoms in total. The van der Waals surface area contributed by atoms with E-state index in [4.69, 9.17) is 9.47 Å². The normalized spacial score (nSPS) is 9.80. The second kappa shape index (κ2) is 9.07. The molecule has 0 spiro atoms. The van der Waals surface area contributed by atoms with Crippen molar-refractivity contribution in [2.75, 3.05) is 13.7 Å². The molecule has 0 atom stereocenters. The number of carbonyl (C=O) groups is 2. The summed E-state index contributed by atoms with van der Waals surface area (Å²) in [7, 11) is 1.52. The lowest BCUT2D eigenvalue weighted by Crippen LogP contribution is -2.44. The summed E-state index contributed by atoms with van der Waals surface area (Å²) in [6, 6.07) is 10.3. The average molecular weight is 341 g/mol. The zero-order chi connectivity index (χ0) is 18.1. The topological polar surface area (TPSA) is 89.6 Å². The van der Waals surface area contributed by atoms with Gasteiger partial charge in [-0.15, -0.1) is 6.58 Å². The zero-order valence-corrected chi connectivity index (χ0v) is 13.8. The van der Waals surface area contributed by atoms with Gasteiger partial charge in [-0.05, 0) is 36.2 Å². The van der Waals surface area contributed by atoms with Gasteiger partial charge in [0.1, 0.15) is 5.69 Å². The summed E-state index contributed by atoms with van der Waals surface area (Å²) in [5.41, 5.74) is 5.75. The van der Waals surface area contributed by atoms with Crippen molar-refractivity contribution in [2.24, 2.45) is 0 Å². The van der Waals surface area contributed by atoms with E-state index in [1.807, 2.05) is 12.1 Å². The number of hydrogen-bond donors (Lipinski definition) is 2. The molecule has 1 aromatic heterocycles. The van der Waals surface area contributed by atoms with Crippen molar-refractivity contribution < 1.29 is 19.1 Å². The Bertz CT molecular complexity index is 747. The molecule has 0 saturated carbocycles. The summed E-state index contributed by atoms with van der Waals surface area (Å²) in [4.78, 5) is 27.4. The fourth-order valence-corrected chi connectivity index (χ4v) is 1.99. The Morgan fingerprint density at radius 3 is 2.72 bits per heavy atom. The number of rotatable bonds is 7. The zero-order valence-electron chi connectivity index (χ0n) is 13.8. The van der Waals surface area contributed by atoms with Gasteiger partial charge in [0.15, 0.2) is 18.1 Å². The van der Waals surface area contributed by atoms with Crippen LogP contribution >= 0.6 is 0 Å². The Kier molecular flexibility index (Phi) is 6.53. The van der Waals surface area contributed by atoms with E-state index in [0.717, 1.165) is 5.56 Å². The van der Waals surface area contributed by atoms with E-state index in [2.05, 4.69) is 22.4 Å². The number of hydrogen-bond acceptors (Lipinski definition) is 5. The summed E-state index contributed by atoms with van der Waals surface area (Å²) in [5, 5.41) is 0. The minimum Gasteiger partial charge on any atom is -0.493 e. The van der Waals surface area contributed by atoms with E-state index in [0.29, 0.717) is 17.9 Å². The Labute approximate surface area is 145 Å². The van der Waals surface area contributed by atoms with Crippen LogP contribution in [0.5, 0.6) is 11.5 Å². The predicted octanol–water partition coefficient (Wildman–Crippen LogP) is 1.66. The van der Waals surface area contributed by atoms with Crippen LogP contribution in [0.4, 0.5) is 0 Å². The van der Waals surface area contributed by atoms with Gasteiger partial charge in [-0.1, -0.05) is 18.2 Å². The average Bonchev–Trinajstić information content (AvgIpc) is 2.65. The first-order valence-corrected chi connectivity index (χ1v) is 7.55. The van der Waals surface area contributed by atoms with Crippen LogP contribution in [-0.4, -0.2) is 30.5 Å². The molecule has 0 unspecified atom stereocenters. The third kappa shape index (κ3) is 5.35. The number of carbonyl (C=O) groups excluding carboxylic acids is 2. The van der Waals surface area contributed by atoms with Crippen molar-refractivity contribution in [3.8, 4) is 11.5 Å². The molecular formula is C18H19N3O4. The van der Waals surface area contributed by atoms with Crippen molar-refractivity contribution in [1.29, 1.82) is 0 Å². The SMILES string of the molecule is C=CCc1ccc(OCC(=O)NNC(=O)c2ccccn2)c(OC)c1. The summed E-state index contributed by atoms with van der Waals surface area (Å²) in [5.74, 6) is -0.0759. The van der Waals surface area contributed by atoms with E-state index in [1.165, 1.54) is 19.4 Å². The van der Waals surface area contributed by atoms with Gasteiger partial charge in [0, 0.05) is 6.20 Å². The smallest absolute Gasteiger partial charge is 0.288 e. The van der Waals surface area contributed by atoms with Gasteiger partial charge in [0.05, 0.1) is 7.11 Å². The van der Waals surface area contributed by atoms with Crippen molar-refractivity contribution in [3.63, 3.8) is 0 Å². The van der Waals surface area contributed by atoms with Gasteiger partial charge in [-0.2, -0.15) is 0 Å². The van der Waals surface area contributed by atoms with E-state index in [9.17, 15) is 9.59 Å². The minimum atomic E-state index is -0.514. The lowest BCUT2D eigenvalue weighted by atomic mass is 10.1. The van der Waals surface area contributed by atoms with Crippen molar-refractivity contribution >= 4 is 11.8 Å². The number of ether oxygens (including phenoxy) is 2. The molecule has 0 aliphatic carbocycles. The van der Waals surface area contributed by atoms with E-state index >= 15 is 0 Å². The van der Waals surface area contributed by atoms with Gasteiger partial charge < -0.3 is 9.47 Å². The van der Waals surface area contributed by atoms with Gasteiger partial charge in [0.25, 0.3) is 11.8 Å². The highest BCUT2D eigenvalue weighted by Gasteiger charge is 2.10. The van der Waals surface area contributed by atoms with Gasteiger partial charge in [0.2, 0.25) is 0 Å². The van der Waals surface area contributed by atoms with Crippen molar-refractivity contribution in [2.45, 2.75) is 6.42 Å². The van der Waals surface area contributed by atoms with E-state index in [1.54, 1.807) is 24.3 Å². The quantitative estimate of drug-likeness (QED) is 0.590. The summed E-state index contributed by atoms with van der Waals surface area (Å²) < 4.78 is 10.7. The first-order chi connectivity index (χ1) is 12.1. The maximum atomic E-state index is 11.8. The molecule has 7 heteroatoms. The van der Waals surface area contributed by atoms with Crippen molar-refractivity contribution in [3.05, 3.63) is 66.5 Å². The molecule has 1 heterocycles. The molecule has 0 radical (unpaired) electrons. The standard InChI is InChI=1S/C18H19N3O4/c1-3-6-13-8-9-15(16(11-13)24-2)25-12-17(22)20-21-18(23)14-7-4-5-10-19-14/h3-5,7-11H,1,6,12H2,2H3,(H,20,22)(H,21,23). The molecule has 1 aromatic carbocycles. The number of allylic oxidation sites excluding steroid dienone is 1. The third-order valence-electron chi connectivity index (χ3n) is 3.18. The van der Waals surface area contributed by atoms with Crippen LogP contribution in [0.3, 0.4) is 0 Å². The number of nitrogens with zero attached hydrogens (tertiary/aromatic N) is 1. The summed E-state index contributed by atoms with van der Waals surface area (Å²) in [6.45, 7) is 3.41. The Morgan fingerprint density at radius 1 is 1.20 bits per heavy atom. The molecule has 0 fully saturated rings. The van der Waals surface area contributed by atoms with Crippen LogP contribution in [-0.2, 0) is 11.2 Å². The van der Waals surface area contributed by atoms with E-state index in [-0.39, 0.29) is 12.3 Å². The highest BCUT2D eigenvalue weighted by molar-refractivity contribution is 5.93. The fourth-order valence-electron chi connectivity index (χ4n) is 1.99. The number of pyridine rings is 1. The van der Waals surface area contributed by atoms with Crippen molar-refractivity contribution in [1.82, 2.24) is 15.8 Å². The summed E-state index contributed by atoms with van der Waals surface area (Å²) >= 11 is 0. The molecule has 130 valence electrons. The maximum Gasteiger partial charge on any atom is 0.288 e. The Balaban J connectivity index is 1.85. The van der Waals surface area contributed by atoms with E-state index < -0.39 is 11.8 Å². The molecule has 25 heavy (non-hydrogen) atoms. The first-order valence-electron chi connectivity index (χ1n) is 7.55. The Hall–Kier alpha value is -3.35. The highest BCUT2D eigenvalue weighted by Crippen LogP contribution is 2.28. The van der Waals surface area contributed by atoms with Gasteiger partial charge >= 0.3 is 0 Å². The highest BCUT2D eigenvalue weighted by atomic mass is 16.5. The Morgan fingerprint density at radius 2 is 2.04 bits per heavy atom. The lowest BCUT2D eigenvalue weighted by Gasteiger charge is -2.12. The number of benzene rings is 1. The number of hydrazine groups is 1. The van der Waals surface area contributed by atoms with Crippen LogP contribution < -0.4 is 20.3 Å². The second-order valence-electron chi connectivity index (χ2n) is 4.98. The van der Waals surface area contributed by atoms with Crippen LogP contribution in [0.15, 0.2) is 55.3 Å². The predicted molar refractivity (Wildman–Crippen MR) is 92.2 cm³/mol. The number of aromatic nitrogens is 1. The number of nitrogens with one attached hydrogen (secondary N) is 2. The third-order valence-corrected chi connectivity index (χ3v) is 3.18. The fraction of sp³-hybridized carbons (Fsp3) is 0.167. The largest absolute Gasteiger partial charge is 0.493 e. The number of methoxy groups -OCH3 is 1. The number of amides is 2. The van der Waals surface area contributed by atoms with Crippen LogP contribution in [0.25, 0.3) is 0 Å². The monoisotopic (exact) mass is 341 g/mol. The van der Waals surface area contributed by atoms with Crippen LogP contribution in [0.1, 0.15) is 16.1 Å². The van der Waals surface area contributed by atoms with Gasteiger partial charge in [-0.25, -0.2) is 0 Å². The van der Waals surface area contributed by atoms with Crippen LogP contribution in [0.2, 0.25) is 0 Å². The lowest BCUT2D eigenvalue weighted by molar-refractivity contribution is -0.123.